The SMILES string of the molecule is CC[C@H](C)[C@H]1C(=O)N(C)C(Cc2ccc(OC)c(Cl)c2)C(=O)NC(C(C)C)C(=O)O[C@H](C)C(NC(=O)[C@H](O)CO)C(=O)N[C@@H](CCCN=C(N)N)C(=O)N[C@H]2CC[C@@H](OC)N1C2=O. The molecule has 0 aromatic heterocycles. The number of hydrogen-bond donors (Lipinski definition) is 8. The molecule has 3 unspecified atom stereocenters. The smallest absolute Gasteiger partial charge is 0.329 e. The maximum atomic E-state index is 15.0. The number of likely N-dealkylation sites (N-methyl/N-ethyl adjacent to an activating group) is 1. The molecule has 2 heterocycles. The molecule has 10 N–H and O–H groups in total. The van der Waals surface area contributed by atoms with Crippen molar-refractivity contribution < 1.29 is 58.0 Å². The zero-order chi connectivity index (χ0) is 47.3. The Kier molecular flexibility index (Phi) is 19.8. The average molecular weight is 910 g/mol. The van der Waals surface area contributed by atoms with Gasteiger partial charge in [0.15, 0.2) is 12.1 Å². The standard InChI is InChI=1S/C41H64ClN9O12/c1-9-21(4)33-39(59)50(6)27(18-23-12-14-29(61-7)24(42)17-23)35(55)48-31(20(2)3)40(60)63-22(5)32(49-36(56)28(53)19-52)37(57)46-25(11-10-16-45-41(43)44)34(54)47-26-13-15-30(62-8)51(33)38(26)58/h12,14,17,20-22,25-28,30-33,52-53H,9-11,13,15-16,18-19H2,1-8H3,(H,46,57)(H,47,54)(H,48,55)(H,49,56)(H4,43,44,45)/t21-,22+,25-,26-,27?,28+,30+,31?,32?,33-/m0/s1. The number of methoxy groups -OCH3 is 2. The highest BCUT2D eigenvalue weighted by Gasteiger charge is 2.47. The molecule has 1 aromatic carbocycles. The predicted octanol–water partition coefficient (Wildman–Crippen LogP) is -1.32. The van der Waals surface area contributed by atoms with Crippen LogP contribution >= 0.6 is 11.6 Å². The lowest BCUT2D eigenvalue weighted by Crippen LogP contribution is -2.66. The molecule has 6 amide bonds. The summed E-state index contributed by atoms with van der Waals surface area (Å²) in [5, 5.41) is 30.1. The van der Waals surface area contributed by atoms with Crippen LogP contribution < -0.4 is 37.5 Å². The van der Waals surface area contributed by atoms with Gasteiger partial charge in [-0.05, 0) is 62.1 Å². The quantitative estimate of drug-likeness (QED) is 0.0465. The van der Waals surface area contributed by atoms with Crippen LogP contribution in [0.4, 0.5) is 0 Å². The van der Waals surface area contributed by atoms with Crippen LogP contribution in [0, 0.1) is 11.8 Å². The van der Waals surface area contributed by atoms with Crippen molar-refractivity contribution in [2.24, 2.45) is 28.3 Å². The predicted molar refractivity (Wildman–Crippen MR) is 230 cm³/mol. The van der Waals surface area contributed by atoms with Gasteiger partial charge in [0.2, 0.25) is 29.5 Å². The van der Waals surface area contributed by atoms with Gasteiger partial charge in [0.1, 0.15) is 54.3 Å². The largest absolute Gasteiger partial charge is 0.495 e. The van der Waals surface area contributed by atoms with Crippen LogP contribution in [0.2, 0.25) is 5.02 Å². The van der Waals surface area contributed by atoms with Crippen LogP contribution in [0.15, 0.2) is 23.2 Å². The first kappa shape index (κ1) is 52.1. The summed E-state index contributed by atoms with van der Waals surface area (Å²) in [6.45, 7) is 7.15. The van der Waals surface area contributed by atoms with Crippen molar-refractivity contribution >= 4 is 59.0 Å². The summed E-state index contributed by atoms with van der Waals surface area (Å²) in [6, 6.07) is -3.47. The number of fused-ring (bicyclic) bond motifs is 2. The molecule has 2 bridgehead atoms. The molecule has 0 spiro atoms. The van der Waals surface area contributed by atoms with E-state index in [1.807, 2.05) is 6.92 Å². The van der Waals surface area contributed by atoms with Crippen molar-refractivity contribution in [2.75, 3.05) is 34.4 Å². The maximum absolute atomic E-state index is 15.0. The number of guanidine groups is 1. The Morgan fingerprint density at radius 1 is 1.03 bits per heavy atom. The highest BCUT2D eigenvalue weighted by atomic mass is 35.5. The molecule has 352 valence electrons. The minimum Gasteiger partial charge on any atom is -0.495 e. The van der Waals surface area contributed by atoms with Crippen LogP contribution in [0.3, 0.4) is 0 Å². The number of carbonyl (C=O) groups excluding carboxylic acids is 7. The normalized spacial score (nSPS) is 26.5. The Balaban J connectivity index is 2.27. The minimum atomic E-state index is -1.98. The summed E-state index contributed by atoms with van der Waals surface area (Å²) in [6.07, 6.45) is -3.81. The van der Waals surface area contributed by atoms with E-state index < -0.39 is 115 Å². The highest BCUT2D eigenvalue weighted by Crippen LogP contribution is 2.30. The summed E-state index contributed by atoms with van der Waals surface area (Å²) in [4.78, 5) is 106. The van der Waals surface area contributed by atoms with Crippen molar-refractivity contribution in [3.8, 4) is 5.75 Å². The number of amides is 6. The molecule has 2 aliphatic heterocycles. The molecule has 0 aliphatic carbocycles. The van der Waals surface area contributed by atoms with Crippen molar-refractivity contribution in [1.29, 1.82) is 0 Å². The number of benzene rings is 1. The van der Waals surface area contributed by atoms with Gasteiger partial charge in [0.05, 0.1) is 18.7 Å². The van der Waals surface area contributed by atoms with Gasteiger partial charge in [-0.25, -0.2) is 4.79 Å². The first-order valence-corrected chi connectivity index (χ1v) is 21.3. The monoisotopic (exact) mass is 909 g/mol. The van der Waals surface area contributed by atoms with Crippen LogP contribution in [0.5, 0.6) is 5.75 Å². The van der Waals surface area contributed by atoms with Gasteiger partial charge in [0, 0.05) is 27.1 Å². The highest BCUT2D eigenvalue weighted by molar-refractivity contribution is 6.32. The van der Waals surface area contributed by atoms with E-state index in [2.05, 4.69) is 26.3 Å². The first-order valence-electron chi connectivity index (χ1n) is 20.9. The molecule has 2 aliphatic rings. The second kappa shape index (κ2) is 24.0. The van der Waals surface area contributed by atoms with Crippen LogP contribution in [-0.2, 0) is 49.5 Å². The third-order valence-corrected chi connectivity index (χ3v) is 11.6. The number of ether oxygens (including phenoxy) is 3. The molecule has 2 saturated heterocycles. The Bertz CT molecular complexity index is 1830. The molecule has 2 fully saturated rings. The molecule has 0 radical (unpaired) electrons. The zero-order valence-corrected chi connectivity index (χ0v) is 37.8. The summed E-state index contributed by atoms with van der Waals surface area (Å²) in [5.41, 5.74) is 11.5. The number of nitrogens with zero attached hydrogens (tertiary/aromatic N) is 3. The molecule has 0 saturated carbocycles. The number of aliphatic hydroxyl groups excluding tert-OH is 2. The molecule has 3 rings (SSSR count). The van der Waals surface area contributed by atoms with E-state index in [0.717, 1.165) is 0 Å². The number of cyclic esters (lactones) is 1. The number of halogens is 1. The van der Waals surface area contributed by atoms with Gasteiger partial charge in [-0.15, -0.1) is 0 Å². The van der Waals surface area contributed by atoms with Crippen LogP contribution in [0.1, 0.15) is 72.3 Å². The van der Waals surface area contributed by atoms with Gasteiger partial charge in [-0.3, -0.25) is 33.8 Å². The third-order valence-electron chi connectivity index (χ3n) is 11.3. The number of rotatable bonds is 14. The van der Waals surface area contributed by atoms with Gasteiger partial charge in [-0.2, -0.15) is 0 Å². The summed E-state index contributed by atoms with van der Waals surface area (Å²) < 4.78 is 16.8. The number of nitrogens with two attached hydrogens (primary N) is 2. The van der Waals surface area contributed by atoms with Crippen LogP contribution in [-0.4, -0.2) is 156 Å². The molecular formula is C41H64ClN9O12. The number of aliphatic imine (C=N–C) groups is 1. The number of hydrogen-bond acceptors (Lipinski definition) is 13. The first-order chi connectivity index (χ1) is 29.7. The van der Waals surface area contributed by atoms with Gasteiger partial charge in [-0.1, -0.05) is 51.8 Å². The number of aliphatic hydroxyl groups is 2. The van der Waals surface area contributed by atoms with E-state index >= 15 is 0 Å². The zero-order valence-electron chi connectivity index (χ0n) is 37.1. The molecule has 1 aromatic rings. The van der Waals surface area contributed by atoms with E-state index in [4.69, 9.17) is 37.3 Å². The molecular weight excluding hydrogens is 846 g/mol. The molecule has 22 heteroatoms. The lowest BCUT2D eigenvalue weighted by molar-refractivity contribution is -0.171. The Hall–Kier alpha value is -5.25. The van der Waals surface area contributed by atoms with Crippen LogP contribution in [0.25, 0.3) is 0 Å². The fourth-order valence-electron chi connectivity index (χ4n) is 7.37. The summed E-state index contributed by atoms with van der Waals surface area (Å²) >= 11 is 6.47. The number of piperidine rings is 1. The van der Waals surface area contributed by atoms with Gasteiger partial charge < -0.3 is 67.0 Å². The summed E-state index contributed by atoms with van der Waals surface area (Å²) in [5.74, 6) is -7.16. The van der Waals surface area contributed by atoms with Crippen molar-refractivity contribution in [3.05, 3.63) is 28.8 Å². The van der Waals surface area contributed by atoms with E-state index in [1.54, 1.807) is 39.0 Å². The van der Waals surface area contributed by atoms with E-state index in [0.29, 0.717) is 17.7 Å². The number of esters is 1. The fraction of sp³-hybridized carbons (Fsp3) is 0.659. The Labute approximate surface area is 372 Å². The third kappa shape index (κ3) is 13.6. The van der Waals surface area contributed by atoms with E-state index in [-0.39, 0.29) is 49.6 Å². The Morgan fingerprint density at radius 2 is 1.71 bits per heavy atom. The van der Waals surface area contributed by atoms with Crippen molar-refractivity contribution in [1.82, 2.24) is 31.1 Å². The van der Waals surface area contributed by atoms with E-state index in [1.165, 1.54) is 38.0 Å². The molecule has 63 heavy (non-hydrogen) atoms. The Morgan fingerprint density at radius 3 is 2.29 bits per heavy atom. The van der Waals surface area contributed by atoms with E-state index in [9.17, 15) is 43.8 Å². The number of nitrogens with one attached hydrogen (secondary N) is 4. The number of carbonyl (C=O) groups is 7. The lowest BCUT2D eigenvalue weighted by atomic mass is 9.91. The maximum Gasteiger partial charge on any atom is 0.329 e. The minimum absolute atomic E-state index is 0.0472. The average Bonchev–Trinajstić information content (AvgIpc) is 3.24. The molecule has 21 nitrogen and oxygen atoms in total. The lowest BCUT2D eigenvalue weighted by Gasteiger charge is -2.46. The van der Waals surface area contributed by atoms with Gasteiger partial charge >= 0.3 is 5.97 Å². The molecule has 10 atom stereocenters. The second-order valence-electron chi connectivity index (χ2n) is 16.1. The van der Waals surface area contributed by atoms with Gasteiger partial charge in [0.25, 0.3) is 5.91 Å². The fourth-order valence-corrected chi connectivity index (χ4v) is 7.65. The topological polar surface area (TPSA) is 307 Å². The van der Waals surface area contributed by atoms with Crippen molar-refractivity contribution in [3.63, 3.8) is 0 Å². The second-order valence-corrected chi connectivity index (χ2v) is 16.5. The summed E-state index contributed by atoms with van der Waals surface area (Å²) in [7, 11) is 4.24. The van der Waals surface area contributed by atoms with Crippen molar-refractivity contribution in [2.45, 2.75) is 128 Å².